The Labute approximate surface area is 162 Å². The molecule has 0 radical (unpaired) electrons. The predicted octanol–water partition coefficient (Wildman–Crippen LogP) is 2.36. The summed E-state index contributed by atoms with van der Waals surface area (Å²) in [5, 5.41) is 15.0. The number of furan rings is 1. The first-order chi connectivity index (χ1) is 13.4. The first-order valence-electron chi connectivity index (χ1n) is 8.91. The number of nitrogens with zero attached hydrogens (tertiary/aromatic N) is 4. The van der Waals surface area contributed by atoms with E-state index in [4.69, 9.17) is 10.3 Å². The zero-order valence-electron chi connectivity index (χ0n) is 15.4. The van der Waals surface area contributed by atoms with Gasteiger partial charge in [0.05, 0.1) is 6.26 Å². The second-order valence-corrected chi connectivity index (χ2v) is 6.89. The number of hydrogen-bond donors (Lipinski definition) is 2. The van der Waals surface area contributed by atoms with Crippen molar-refractivity contribution in [2.24, 2.45) is 20.9 Å². The van der Waals surface area contributed by atoms with Crippen LogP contribution < -0.4 is 5.84 Å². The number of hydrogen-bond acceptors (Lipinski definition) is 6. The van der Waals surface area contributed by atoms with Gasteiger partial charge in [-0.2, -0.15) is 4.99 Å². The molecule has 7 heteroatoms. The Bertz CT molecular complexity index is 1050. The van der Waals surface area contributed by atoms with Crippen molar-refractivity contribution in [2.45, 2.75) is 25.4 Å². The minimum Gasteiger partial charge on any atom is -0.461 e. The average Bonchev–Trinajstić information content (AvgIpc) is 3.32. The van der Waals surface area contributed by atoms with Crippen LogP contribution in [0.2, 0.25) is 0 Å². The smallest absolute Gasteiger partial charge is 0.300 e. The molecule has 140 valence electrons. The maximum Gasteiger partial charge on any atom is 0.300 e. The van der Waals surface area contributed by atoms with Crippen LogP contribution in [0.3, 0.4) is 0 Å². The first-order valence-corrected chi connectivity index (χ1v) is 8.91. The second kappa shape index (κ2) is 7.02. The molecule has 2 unspecified atom stereocenters. The lowest BCUT2D eigenvalue weighted by atomic mass is 9.97. The summed E-state index contributed by atoms with van der Waals surface area (Å²) >= 11 is 0. The van der Waals surface area contributed by atoms with Crippen molar-refractivity contribution >= 4 is 17.9 Å². The number of allylic oxidation sites excluding steroid dienone is 1. The Kier molecular flexibility index (Phi) is 4.53. The zero-order valence-corrected chi connectivity index (χ0v) is 15.4. The summed E-state index contributed by atoms with van der Waals surface area (Å²) < 4.78 is 4.94. The molecule has 3 heterocycles. The van der Waals surface area contributed by atoms with Gasteiger partial charge in [-0.1, -0.05) is 36.3 Å². The lowest BCUT2D eigenvalue weighted by Crippen LogP contribution is -2.50. The largest absolute Gasteiger partial charge is 0.461 e. The molecule has 28 heavy (non-hydrogen) atoms. The molecule has 4 rings (SSSR count). The molecule has 0 aliphatic carbocycles. The predicted molar refractivity (Wildman–Crippen MR) is 107 cm³/mol. The third kappa shape index (κ3) is 3.85. The van der Waals surface area contributed by atoms with E-state index in [1.165, 1.54) is 6.21 Å². The lowest BCUT2D eigenvalue weighted by Gasteiger charge is -2.18. The number of aryl methyl sites for hydroxylation is 1. The Morgan fingerprint density at radius 2 is 2.04 bits per heavy atom. The van der Waals surface area contributed by atoms with Crippen molar-refractivity contribution in [3.05, 3.63) is 71.9 Å². The number of aliphatic imine (C=N–C) groups is 2. The molecule has 0 bridgehead atoms. The van der Waals surface area contributed by atoms with Crippen molar-refractivity contribution in [2.75, 3.05) is 0 Å². The van der Waals surface area contributed by atoms with E-state index in [0.29, 0.717) is 29.5 Å². The molecule has 0 spiro atoms. The van der Waals surface area contributed by atoms with E-state index >= 15 is 0 Å². The number of fused-ring (bicyclic) bond motifs is 1. The fourth-order valence-electron chi connectivity index (χ4n) is 2.85. The van der Waals surface area contributed by atoms with Crippen LogP contribution in [0.15, 0.2) is 80.1 Å². The second-order valence-electron chi connectivity index (χ2n) is 6.89. The summed E-state index contributed by atoms with van der Waals surface area (Å²) in [5.41, 5.74) is 0.433. The van der Waals surface area contributed by atoms with Gasteiger partial charge in [0, 0.05) is 0 Å². The van der Waals surface area contributed by atoms with Crippen LogP contribution in [-0.2, 0) is 6.42 Å². The van der Waals surface area contributed by atoms with Crippen LogP contribution in [0.5, 0.6) is 0 Å². The highest BCUT2D eigenvalue weighted by Crippen LogP contribution is 2.21. The number of benzene rings is 1. The van der Waals surface area contributed by atoms with Crippen LogP contribution in [-0.4, -0.2) is 33.3 Å². The minimum atomic E-state index is -1.15. The third-order valence-corrected chi connectivity index (χ3v) is 4.43. The van der Waals surface area contributed by atoms with E-state index in [2.05, 4.69) is 26.9 Å². The highest BCUT2D eigenvalue weighted by Gasteiger charge is 2.39. The molecule has 0 saturated carbocycles. The summed E-state index contributed by atoms with van der Waals surface area (Å²) in [6, 6.07) is 13.5. The van der Waals surface area contributed by atoms with Crippen molar-refractivity contribution in [3.8, 4) is 11.8 Å². The number of aliphatic hydroxyl groups is 1. The normalized spacial score (nSPS) is 22.3. The van der Waals surface area contributed by atoms with Gasteiger partial charge < -0.3 is 9.52 Å². The quantitative estimate of drug-likeness (QED) is 0.488. The third-order valence-electron chi connectivity index (χ3n) is 4.43. The van der Waals surface area contributed by atoms with E-state index < -0.39 is 5.60 Å². The number of rotatable bonds is 4. The summed E-state index contributed by atoms with van der Waals surface area (Å²) in [6.45, 7) is 1.69. The van der Waals surface area contributed by atoms with Crippen LogP contribution >= 0.6 is 0 Å². The van der Waals surface area contributed by atoms with Gasteiger partial charge in [0.2, 0.25) is 0 Å². The molecule has 2 atom stereocenters. The van der Waals surface area contributed by atoms with Gasteiger partial charge in [0.15, 0.2) is 17.7 Å². The van der Waals surface area contributed by atoms with Gasteiger partial charge >= 0.3 is 0 Å². The zero-order chi connectivity index (χ0) is 19.6. The van der Waals surface area contributed by atoms with E-state index in [1.807, 2.05) is 30.3 Å². The van der Waals surface area contributed by atoms with Crippen LogP contribution in [0.4, 0.5) is 0 Å². The Morgan fingerprint density at radius 3 is 2.79 bits per heavy atom. The van der Waals surface area contributed by atoms with Gasteiger partial charge in [-0.25, -0.2) is 4.99 Å². The Hall–Kier alpha value is -3.31. The molecule has 1 aromatic carbocycles. The lowest BCUT2D eigenvalue weighted by molar-refractivity contribution is -0.803. The number of amidine groups is 2. The summed E-state index contributed by atoms with van der Waals surface area (Å²) in [4.78, 5) is 8.63. The SMILES string of the molecule is CC(O)(C#CC1=C[N+]2(N)N=C(c3ccco3)N=C2C=N1)CCc1ccccc1. The molecule has 0 saturated heterocycles. The van der Waals surface area contributed by atoms with Gasteiger partial charge in [0.25, 0.3) is 11.7 Å². The molecule has 3 N–H and O–H groups in total. The molecule has 2 aliphatic heterocycles. The first kappa shape index (κ1) is 18.1. The fourth-order valence-corrected chi connectivity index (χ4v) is 2.85. The van der Waals surface area contributed by atoms with E-state index in [9.17, 15) is 5.11 Å². The van der Waals surface area contributed by atoms with Crippen LogP contribution in [0.1, 0.15) is 24.7 Å². The Morgan fingerprint density at radius 1 is 1.21 bits per heavy atom. The minimum absolute atomic E-state index is 0.379. The molecule has 2 aliphatic rings. The van der Waals surface area contributed by atoms with Crippen molar-refractivity contribution in [1.29, 1.82) is 0 Å². The van der Waals surface area contributed by atoms with Crippen molar-refractivity contribution in [3.63, 3.8) is 0 Å². The highest BCUT2D eigenvalue weighted by molar-refractivity contribution is 6.31. The van der Waals surface area contributed by atoms with Gasteiger partial charge in [-0.15, -0.1) is 5.84 Å². The van der Waals surface area contributed by atoms with Gasteiger partial charge in [0.1, 0.15) is 11.8 Å². The maximum absolute atomic E-state index is 10.6. The van der Waals surface area contributed by atoms with Gasteiger partial charge in [-0.05, 0) is 53.2 Å². The Balaban J connectivity index is 1.49. The average molecular weight is 374 g/mol. The molecular weight excluding hydrogens is 354 g/mol. The highest BCUT2D eigenvalue weighted by atomic mass is 16.3. The summed E-state index contributed by atoms with van der Waals surface area (Å²) in [5.74, 6) is 13.5. The van der Waals surface area contributed by atoms with Crippen molar-refractivity contribution < 1.29 is 14.2 Å². The van der Waals surface area contributed by atoms with Gasteiger partial charge in [-0.3, -0.25) is 0 Å². The topological polar surface area (TPSA) is 96.5 Å². The number of quaternary nitrogens is 1. The molecule has 1 aromatic heterocycles. The molecule has 0 amide bonds. The molecule has 2 aromatic rings. The maximum atomic E-state index is 10.6. The van der Waals surface area contributed by atoms with E-state index in [0.717, 1.165) is 12.0 Å². The van der Waals surface area contributed by atoms with E-state index in [1.54, 1.807) is 31.5 Å². The monoisotopic (exact) mass is 374 g/mol. The van der Waals surface area contributed by atoms with Crippen LogP contribution in [0.25, 0.3) is 0 Å². The summed E-state index contributed by atoms with van der Waals surface area (Å²) in [6.07, 6.45) is 5.91. The molecule has 7 nitrogen and oxygen atoms in total. The van der Waals surface area contributed by atoms with E-state index in [-0.39, 0.29) is 4.70 Å². The molecular formula is C21H20N5O2+. The molecule has 0 fully saturated rings. The summed E-state index contributed by atoms with van der Waals surface area (Å²) in [7, 11) is 0. The fraction of sp³-hybridized carbons (Fsp3) is 0.190. The number of nitrogens with two attached hydrogens (primary N) is 1. The standard InChI is InChI=1S/C21H20N5O2/c1-21(27,11-9-16-6-3-2-4-7-16)12-10-17-15-26(22)19(14-23-17)24-20(25-26)18-8-5-13-28-18/h2-8,13-15,27H,9,11,22H2,1H3/q+1. The van der Waals surface area contributed by atoms with Crippen molar-refractivity contribution in [1.82, 2.24) is 0 Å². The van der Waals surface area contributed by atoms with Crippen LogP contribution in [0, 0.1) is 11.8 Å².